The van der Waals surface area contributed by atoms with Crippen LogP contribution in [-0.4, -0.2) is 32.7 Å². The summed E-state index contributed by atoms with van der Waals surface area (Å²) in [6, 6.07) is 10.5. The van der Waals surface area contributed by atoms with E-state index in [0.717, 1.165) is 28.7 Å². The maximum Gasteiger partial charge on any atom is 0.341 e. The van der Waals surface area contributed by atoms with Crippen LogP contribution in [0.25, 0.3) is 0 Å². The SMILES string of the molecule is O=C(COC(=O)c1ccc(S(=O)(=O)C(F)F)cc1)Nc1ccc(Br)cc1. The van der Waals surface area contributed by atoms with Gasteiger partial charge in [-0.2, -0.15) is 8.78 Å². The molecular formula is C16H12BrF2NO5S. The molecule has 0 saturated heterocycles. The molecule has 0 aliphatic rings. The Labute approximate surface area is 156 Å². The van der Waals surface area contributed by atoms with Gasteiger partial charge >= 0.3 is 11.7 Å². The van der Waals surface area contributed by atoms with Gasteiger partial charge in [-0.1, -0.05) is 15.9 Å². The Morgan fingerprint density at radius 3 is 2.15 bits per heavy atom. The van der Waals surface area contributed by atoms with Crippen molar-refractivity contribution in [1.82, 2.24) is 0 Å². The summed E-state index contributed by atoms with van der Waals surface area (Å²) in [6.45, 7) is -0.564. The highest BCUT2D eigenvalue weighted by molar-refractivity contribution is 9.10. The number of sulfone groups is 1. The van der Waals surface area contributed by atoms with Crippen molar-refractivity contribution < 1.29 is 31.5 Å². The topological polar surface area (TPSA) is 89.5 Å². The molecule has 0 unspecified atom stereocenters. The van der Waals surface area contributed by atoms with Crippen molar-refractivity contribution in [2.24, 2.45) is 0 Å². The van der Waals surface area contributed by atoms with Gasteiger partial charge in [0.05, 0.1) is 10.5 Å². The van der Waals surface area contributed by atoms with E-state index in [2.05, 4.69) is 21.2 Å². The van der Waals surface area contributed by atoms with Crippen LogP contribution in [0.15, 0.2) is 57.9 Å². The third-order valence-electron chi connectivity index (χ3n) is 3.12. The van der Waals surface area contributed by atoms with E-state index in [-0.39, 0.29) is 5.56 Å². The molecule has 0 bridgehead atoms. The number of anilines is 1. The molecule has 0 aromatic heterocycles. The number of amides is 1. The molecule has 26 heavy (non-hydrogen) atoms. The highest BCUT2D eigenvalue weighted by Crippen LogP contribution is 2.19. The van der Waals surface area contributed by atoms with Crippen LogP contribution >= 0.6 is 15.9 Å². The van der Waals surface area contributed by atoms with E-state index >= 15 is 0 Å². The zero-order valence-corrected chi connectivity index (χ0v) is 15.4. The molecule has 0 heterocycles. The zero-order valence-electron chi connectivity index (χ0n) is 13.0. The largest absolute Gasteiger partial charge is 0.452 e. The molecule has 0 aliphatic heterocycles. The fourth-order valence-corrected chi connectivity index (χ4v) is 2.81. The number of nitrogens with one attached hydrogen (secondary N) is 1. The fraction of sp³-hybridized carbons (Fsp3) is 0.125. The van der Waals surface area contributed by atoms with Crippen molar-refractivity contribution in [3.05, 3.63) is 58.6 Å². The number of hydrogen-bond acceptors (Lipinski definition) is 5. The van der Waals surface area contributed by atoms with Crippen LogP contribution < -0.4 is 5.32 Å². The number of halogens is 3. The lowest BCUT2D eigenvalue weighted by Gasteiger charge is -2.07. The molecule has 138 valence electrons. The predicted molar refractivity (Wildman–Crippen MR) is 92.7 cm³/mol. The zero-order chi connectivity index (χ0) is 19.3. The van der Waals surface area contributed by atoms with Crippen molar-refractivity contribution in [2.45, 2.75) is 10.7 Å². The number of alkyl halides is 2. The molecule has 0 fully saturated rings. The Morgan fingerprint density at radius 2 is 1.62 bits per heavy atom. The number of rotatable bonds is 6. The Bertz CT molecular complexity index is 899. The van der Waals surface area contributed by atoms with Crippen molar-refractivity contribution in [1.29, 1.82) is 0 Å². The first-order valence-corrected chi connectivity index (χ1v) is 9.39. The second kappa shape index (κ2) is 8.37. The first-order valence-electron chi connectivity index (χ1n) is 7.05. The van der Waals surface area contributed by atoms with Crippen LogP contribution in [0.2, 0.25) is 0 Å². The van der Waals surface area contributed by atoms with Gasteiger partial charge in [0.2, 0.25) is 9.84 Å². The Balaban J connectivity index is 1.93. The van der Waals surface area contributed by atoms with Gasteiger partial charge < -0.3 is 10.1 Å². The summed E-state index contributed by atoms with van der Waals surface area (Å²) in [5.74, 6) is -5.02. The van der Waals surface area contributed by atoms with Gasteiger partial charge in [0.1, 0.15) is 0 Å². The van der Waals surface area contributed by atoms with Crippen molar-refractivity contribution in [3.8, 4) is 0 Å². The number of esters is 1. The van der Waals surface area contributed by atoms with Gasteiger partial charge in [-0.3, -0.25) is 4.79 Å². The minimum Gasteiger partial charge on any atom is -0.452 e. The normalized spacial score (nSPS) is 11.2. The van der Waals surface area contributed by atoms with Gasteiger partial charge in [-0.05, 0) is 48.5 Å². The van der Waals surface area contributed by atoms with E-state index in [1.807, 2.05) is 0 Å². The molecule has 0 saturated carbocycles. The fourth-order valence-electron chi connectivity index (χ4n) is 1.83. The average molecular weight is 448 g/mol. The molecule has 2 aromatic rings. The van der Waals surface area contributed by atoms with Crippen LogP contribution in [0.5, 0.6) is 0 Å². The van der Waals surface area contributed by atoms with Crippen LogP contribution in [-0.2, 0) is 19.4 Å². The van der Waals surface area contributed by atoms with Crippen molar-refractivity contribution in [3.63, 3.8) is 0 Å². The monoisotopic (exact) mass is 447 g/mol. The maximum atomic E-state index is 12.4. The molecule has 1 amide bonds. The van der Waals surface area contributed by atoms with E-state index < -0.39 is 39.0 Å². The first-order chi connectivity index (χ1) is 12.2. The standard InChI is InChI=1S/C16H12BrF2NO5S/c17-11-3-5-12(6-4-11)20-14(21)9-25-15(22)10-1-7-13(8-2-10)26(23,24)16(18)19/h1-8,16H,9H2,(H,20,21). The number of carbonyl (C=O) groups excluding carboxylic acids is 2. The third-order valence-corrected chi connectivity index (χ3v) is 5.04. The summed E-state index contributed by atoms with van der Waals surface area (Å²) in [5.41, 5.74) is 0.436. The van der Waals surface area contributed by atoms with E-state index in [4.69, 9.17) is 4.74 Å². The minimum atomic E-state index is -4.74. The molecule has 2 rings (SSSR count). The lowest BCUT2D eigenvalue weighted by Crippen LogP contribution is -2.21. The van der Waals surface area contributed by atoms with Crippen LogP contribution in [0.3, 0.4) is 0 Å². The van der Waals surface area contributed by atoms with Gasteiger partial charge in [0.25, 0.3) is 5.91 Å². The second-order valence-electron chi connectivity index (χ2n) is 4.96. The van der Waals surface area contributed by atoms with Crippen LogP contribution in [0.4, 0.5) is 14.5 Å². The predicted octanol–water partition coefficient (Wildman–Crippen LogP) is 3.24. The Morgan fingerprint density at radius 1 is 1.04 bits per heavy atom. The van der Waals surface area contributed by atoms with Gasteiger partial charge in [0, 0.05) is 10.2 Å². The molecule has 0 aliphatic carbocycles. The van der Waals surface area contributed by atoms with Gasteiger partial charge in [0.15, 0.2) is 6.61 Å². The summed E-state index contributed by atoms with van der Waals surface area (Å²) < 4.78 is 53.1. The summed E-state index contributed by atoms with van der Waals surface area (Å²) in [7, 11) is -4.74. The molecule has 10 heteroatoms. The number of ether oxygens (including phenoxy) is 1. The number of carbonyl (C=O) groups is 2. The van der Waals surface area contributed by atoms with Crippen molar-refractivity contribution in [2.75, 3.05) is 11.9 Å². The quantitative estimate of drug-likeness (QED) is 0.686. The summed E-state index contributed by atoms with van der Waals surface area (Å²) in [4.78, 5) is 23.0. The van der Waals surface area contributed by atoms with Gasteiger partial charge in [-0.15, -0.1) is 0 Å². The lowest BCUT2D eigenvalue weighted by atomic mass is 10.2. The van der Waals surface area contributed by atoms with Gasteiger partial charge in [-0.25, -0.2) is 13.2 Å². The number of hydrogen-bond donors (Lipinski definition) is 1. The smallest absolute Gasteiger partial charge is 0.341 e. The van der Waals surface area contributed by atoms with Crippen LogP contribution in [0, 0.1) is 0 Å². The highest BCUT2D eigenvalue weighted by atomic mass is 79.9. The summed E-state index contributed by atoms with van der Waals surface area (Å²) in [5, 5.41) is 2.52. The molecule has 0 radical (unpaired) electrons. The molecule has 2 aromatic carbocycles. The van der Waals surface area contributed by atoms with E-state index in [1.54, 1.807) is 24.3 Å². The number of benzene rings is 2. The van der Waals surface area contributed by atoms with E-state index in [9.17, 15) is 26.8 Å². The second-order valence-corrected chi connectivity index (χ2v) is 7.79. The first kappa shape index (κ1) is 20.0. The summed E-state index contributed by atoms with van der Waals surface area (Å²) in [6.07, 6.45) is 0. The molecule has 1 N–H and O–H groups in total. The molecule has 0 atom stereocenters. The third kappa shape index (κ3) is 5.09. The van der Waals surface area contributed by atoms with Crippen LogP contribution in [0.1, 0.15) is 10.4 Å². The molecular weight excluding hydrogens is 436 g/mol. The molecule has 0 spiro atoms. The lowest BCUT2D eigenvalue weighted by molar-refractivity contribution is -0.119. The van der Waals surface area contributed by atoms with E-state index in [0.29, 0.717) is 5.69 Å². The van der Waals surface area contributed by atoms with E-state index in [1.165, 1.54) is 0 Å². The summed E-state index contributed by atoms with van der Waals surface area (Å²) >= 11 is 3.25. The molecule has 6 nitrogen and oxygen atoms in total. The average Bonchev–Trinajstić information content (AvgIpc) is 2.61. The highest BCUT2D eigenvalue weighted by Gasteiger charge is 2.26. The maximum absolute atomic E-state index is 12.4. The van der Waals surface area contributed by atoms with Crippen molar-refractivity contribution >= 4 is 43.3 Å². The Hall–Kier alpha value is -2.33. The minimum absolute atomic E-state index is 0.0744. The Kier molecular flexibility index (Phi) is 6.43.